The van der Waals surface area contributed by atoms with E-state index in [0.717, 1.165) is 11.1 Å². The van der Waals surface area contributed by atoms with Gasteiger partial charge in [0.2, 0.25) is 27.6 Å². The summed E-state index contributed by atoms with van der Waals surface area (Å²) in [7, 11) is -3.74. The monoisotopic (exact) mass is 488 g/mol. The van der Waals surface area contributed by atoms with E-state index < -0.39 is 10.0 Å². The maximum absolute atomic E-state index is 13.4. The number of nitrogens with one attached hydrogen (secondary N) is 1. The fourth-order valence-electron chi connectivity index (χ4n) is 3.88. The fourth-order valence-corrected chi connectivity index (χ4v) is 6.89. The van der Waals surface area contributed by atoms with Crippen LogP contribution < -0.4 is 5.32 Å². The van der Waals surface area contributed by atoms with Gasteiger partial charge in [-0.3, -0.25) is 4.79 Å². The van der Waals surface area contributed by atoms with E-state index in [2.05, 4.69) is 15.5 Å². The molecule has 1 N–H and O–H groups in total. The average molecular weight is 489 g/mol. The Morgan fingerprint density at radius 3 is 2.73 bits per heavy atom. The number of amides is 1. The van der Waals surface area contributed by atoms with Gasteiger partial charge in [-0.15, -0.1) is 11.3 Å². The van der Waals surface area contributed by atoms with Crippen LogP contribution in [-0.2, 0) is 27.8 Å². The number of thiophene rings is 1. The normalized spacial score (nSPS) is 17.2. The lowest BCUT2D eigenvalue weighted by atomic mass is 9.98. The Morgan fingerprint density at radius 1 is 1.27 bits per heavy atom. The van der Waals surface area contributed by atoms with Crippen molar-refractivity contribution in [1.82, 2.24) is 19.8 Å². The molecule has 3 aromatic rings. The largest absolute Gasteiger partial charge is 0.352 e. The van der Waals surface area contributed by atoms with Crippen LogP contribution in [0.25, 0.3) is 10.7 Å². The minimum absolute atomic E-state index is 0.114. The number of benzene rings is 1. The van der Waals surface area contributed by atoms with Crippen LogP contribution in [0.1, 0.15) is 41.7 Å². The van der Waals surface area contributed by atoms with E-state index >= 15 is 0 Å². The summed E-state index contributed by atoms with van der Waals surface area (Å²) in [5, 5.41) is 6.91. The van der Waals surface area contributed by atoms with E-state index in [0.29, 0.717) is 53.8 Å². The van der Waals surface area contributed by atoms with Crippen LogP contribution in [-0.4, -0.2) is 41.9 Å². The third kappa shape index (κ3) is 5.18. The highest BCUT2D eigenvalue weighted by molar-refractivity contribution is 7.89. The van der Waals surface area contributed by atoms with Crippen LogP contribution in [0, 0.1) is 19.8 Å². The quantitative estimate of drug-likeness (QED) is 0.544. The van der Waals surface area contributed by atoms with Gasteiger partial charge in [0.15, 0.2) is 0 Å². The molecular formula is C23H28N4O4S2. The Bertz CT molecular complexity index is 1230. The number of hydrogen-bond donors (Lipinski definition) is 1. The van der Waals surface area contributed by atoms with Crippen molar-refractivity contribution >= 4 is 27.3 Å². The molecule has 1 fully saturated rings. The topological polar surface area (TPSA) is 105 Å². The molecule has 0 radical (unpaired) electrons. The highest BCUT2D eigenvalue weighted by atomic mass is 32.2. The number of sulfonamides is 1. The zero-order valence-electron chi connectivity index (χ0n) is 19.0. The first-order valence-electron chi connectivity index (χ1n) is 11.0. The van der Waals surface area contributed by atoms with E-state index in [1.807, 2.05) is 38.1 Å². The number of rotatable bonds is 7. The summed E-state index contributed by atoms with van der Waals surface area (Å²) in [6.45, 7) is 6.71. The van der Waals surface area contributed by atoms with Gasteiger partial charge in [-0.1, -0.05) is 41.9 Å². The van der Waals surface area contributed by atoms with Gasteiger partial charge < -0.3 is 9.84 Å². The second-order valence-corrected chi connectivity index (χ2v) is 11.5. The number of carbonyl (C=O) groups excluding carboxylic acids is 1. The van der Waals surface area contributed by atoms with E-state index in [-0.39, 0.29) is 23.3 Å². The Kier molecular flexibility index (Phi) is 6.96. The van der Waals surface area contributed by atoms with E-state index in [9.17, 15) is 13.2 Å². The highest BCUT2D eigenvalue weighted by Crippen LogP contribution is 2.35. The van der Waals surface area contributed by atoms with Crippen LogP contribution in [0.3, 0.4) is 0 Å². The Balaban J connectivity index is 1.45. The summed E-state index contributed by atoms with van der Waals surface area (Å²) >= 11 is 1.33. The number of piperidine rings is 1. The second kappa shape index (κ2) is 9.74. The van der Waals surface area contributed by atoms with Crippen molar-refractivity contribution in [3.05, 3.63) is 52.2 Å². The standard InChI is InChI=1S/C23H28N4O4S2/c1-4-21-25-22(26-31-21)19-12-20(16(3)32-19)33(29,30)27-11-5-6-18(14-27)23(28)24-13-17-9-7-15(2)8-10-17/h7-10,12,18H,4-6,11,13-14H2,1-3H3,(H,24,28). The number of carbonyl (C=O) groups is 1. The van der Waals surface area contributed by atoms with Gasteiger partial charge in [0.05, 0.1) is 15.7 Å². The first-order valence-corrected chi connectivity index (χ1v) is 13.3. The average Bonchev–Trinajstić information content (AvgIpc) is 3.45. The van der Waals surface area contributed by atoms with Crippen molar-refractivity contribution in [2.24, 2.45) is 5.92 Å². The first-order chi connectivity index (χ1) is 15.8. The minimum atomic E-state index is -3.74. The van der Waals surface area contributed by atoms with Crippen LogP contribution >= 0.6 is 11.3 Å². The molecule has 0 spiro atoms. The predicted octanol–water partition coefficient (Wildman–Crippen LogP) is 3.69. The van der Waals surface area contributed by atoms with Gasteiger partial charge in [-0.2, -0.15) is 9.29 Å². The molecule has 1 unspecified atom stereocenters. The smallest absolute Gasteiger partial charge is 0.244 e. The summed E-state index contributed by atoms with van der Waals surface area (Å²) in [6, 6.07) is 9.59. The van der Waals surface area contributed by atoms with E-state index in [4.69, 9.17) is 4.52 Å². The summed E-state index contributed by atoms with van der Waals surface area (Å²) in [5.41, 5.74) is 2.18. The van der Waals surface area contributed by atoms with Crippen LogP contribution in [0.2, 0.25) is 0 Å². The van der Waals surface area contributed by atoms with Crippen molar-refractivity contribution in [2.75, 3.05) is 13.1 Å². The molecule has 1 aliphatic rings. The number of hydrogen-bond acceptors (Lipinski definition) is 7. The molecule has 1 saturated heterocycles. The first kappa shape index (κ1) is 23.6. The summed E-state index contributed by atoms with van der Waals surface area (Å²) in [4.78, 5) is 18.6. The lowest BCUT2D eigenvalue weighted by molar-refractivity contribution is -0.126. The van der Waals surface area contributed by atoms with Gasteiger partial charge in [0.1, 0.15) is 0 Å². The molecule has 2 aromatic heterocycles. The number of aryl methyl sites for hydroxylation is 3. The minimum Gasteiger partial charge on any atom is -0.352 e. The van der Waals surface area contributed by atoms with E-state index in [1.165, 1.54) is 15.6 Å². The third-order valence-corrected chi connectivity index (χ3v) is 8.99. The molecule has 176 valence electrons. The molecular weight excluding hydrogens is 460 g/mol. The Labute approximate surface area is 198 Å². The molecule has 0 bridgehead atoms. The molecule has 4 rings (SSSR count). The Morgan fingerprint density at radius 2 is 2.03 bits per heavy atom. The second-order valence-electron chi connectivity index (χ2n) is 8.30. The molecule has 1 aromatic carbocycles. The molecule has 0 aliphatic carbocycles. The predicted molar refractivity (Wildman–Crippen MR) is 126 cm³/mol. The number of aromatic nitrogens is 2. The summed E-state index contributed by atoms with van der Waals surface area (Å²) < 4.78 is 33.5. The number of nitrogens with zero attached hydrogens (tertiary/aromatic N) is 3. The lowest BCUT2D eigenvalue weighted by Gasteiger charge is -2.31. The highest BCUT2D eigenvalue weighted by Gasteiger charge is 2.35. The SMILES string of the molecule is CCc1nc(-c2cc(S(=O)(=O)N3CCCC(C(=O)NCc4ccc(C)cc4)C3)c(C)s2)no1. The van der Waals surface area contributed by atoms with Gasteiger partial charge in [0.25, 0.3) is 0 Å². The molecule has 1 aliphatic heterocycles. The van der Waals surface area contributed by atoms with Crippen molar-refractivity contribution in [3.63, 3.8) is 0 Å². The van der Waals surface area contributed by atoms with Crippen molar-refractivity contribution in [3.8, 4) is 10.7 Å². The molecule has 1 atom stereocenters. The lowest BCUT2D eigenvalue weighted by Crippen LogP contribution is -2.45. The van der Waals surface area contributed by atoms with E-state index in [1.54, 1.807) is 13.0 Å². The van der Waals surface area contributed by atoms with Crippen LogP contribution in [0.4, 0.5) is 0 Å². The molecule has 3 heterocycles. The zero-order valence-corrected chi connectivity index (χ0v) is 20.6. The van der Waals surface area contributed by atoms with Crippen LogP contribution in [0.5, 0.6) is 0 Å². The maximum Gasteiger partial charge on any atom is 0.244 e. The maximum atomic E-state index is 13.4. The zero-order chi connectivity index (χ0) is 23.6. The fraction of sp³-hybridized carbons (Fsp3) is 0.435. The van der Waals surface area contributed by atoms with Crippen molar-refractivity contribution in [1.29, 1.82) is 0 Å². The summed E-state index contributed by atoms with van der Waals surface area (Å²) in [6.07, 6.45) is 1.93. The molecule has 1 amide bonds. The molecule has 8 nitrogen and oxygen atoms in total. The molecule has 10 heteroatoms. The molecule has 0 saturated carbocycles. The van der Waals surface area contributed by atoms with Gasteiger partial charge in [-0.25, -0.2) is 8.42 Å². The van der Waals surface area contributed by atoms with Gasteiger partial charge in [-0.05, 0) is 38.3 Å². The van der Waals surface area contributed by atoms with Crippen molar-refractivity contribution < 1.29 is 17.7 Å². The molecule has 33 heavy (non-hydrogen) atoms. The van der Waals surface area contributed by atoms with Crippen molar-refractivity contribution in [2.45, 2.75) is 51.5 Å². The van der Waals surface area contributed by atoms with Gasteiger partial charge >= 0.3 is 0 Å². The summed E-state index contributed by atoms with van der Waals surface area (Å²) in [5.74, 6) is 0.420. The third-order valence-electron chi connectivity index (χ3n) is 5.82. The van der Waals surface area contributed by atoms with Crippen LogP contribution in [0.15, 0.2) is 39.8 Å². The Hall–Kier alpha value is -2.56. The van der Waals surface area contributed by atoms with Gasteiger partial charge in [0, 0.05) is 30.9 Å².